The van der Waals surface area contributed by atoms with Gasteiger partial charge < -0.3 is 9.30 Å². The van der Waals surface area contributed by atoms with Crippen LogP contribution in [0.2, 0.25) is 5.02 Å². The van der Waals surface area contributed by atoms with Gasteiger partial charge in [0.2, 0.25) is 0 Å². The van der Waals surface area contributed by atoms with E-state index in [9.17, 15) is 0 Å². The molecule has 0 amide bonds. The first-order valence-corrected chi connectivity index (χ1v) is 6.82. The van der Waals surface area contributed by atoms with Crippen molar-refractivity contribution in [3.05, 3.63) is 65.3 Å². The number of nitrogens with zero attached hydrogens (tertiary/aromatic N) is 1. The molecule has 3 heteroatoms. The van der Waals surface area contributed by atoms with E-state index >= 15 is 0 Å². The number of hydrogen-bond donors (Lipinski definition) is 0. The molecule has 2 aromatic carbocycles. The number of rotatable bonds is 0. The van der Waals surface area contributed by atoms with Gasteiger partial charge in [-0.25, -0.2) is 0 Å². The molecule has 0 unspecified atom stereocenters. The van der Waals surface area contributed by atoms with Gasteiger partial charge in [-0.3, -0.25) is 0 Å². The summed E-state index contributed by atoms with van der Waals surface area (Å²) in [5.41, 5.74) is 4.15. The van der Waals surface area contributed by atoms with Crippen LogP contribution in [0.3, 0.4) is 0 Å². The lowest BCUT2D eigenvalue weighted by Crippen LogP contribution is -2.11. The summed E-state index contributed by atoms with van der Waals surface area (Å²) in [7, 11) is 0. The van der Waals surface area contributed by atoms with Crippen LogP contribution in [-0.4, -0.2) is 4.57 Å². The van der Waals surface area contributed by atoms with Crippen LogP contribution in [0.1, 0.15) is 11.3 Å². The Morgan fingerprint density at radius 3 is 2.75 bits per heavy atom. The lowest BCUT2D eigenvalue weighted by molar-refractivity contribution is 0.495. The van der Waals surface area contributed by atoms with Gasteiger partial charge in [0.1, 0.15) is 5.76 Å². The van der Waals surface area contributed by atoms with Crippen LogP contribution in [0.15, 0.2) is 49.0 Å². The van der Waals surface area contributed by atoms with Crippen molar-refractivity contribution in [3.63, 3.8) is 0 Å². The van der Waals surface area contributed by atoms with Crippen molar-refractivity contribution in [2.75, 3.05) is 0 Å². The molecule has 3 aromatic rings. The highest BCUT2D eigenvalue weighted by molar-refractivity contribution is 6.35. The molecule has 98 valence electrons. The van der Waals surface area contributed by atoms with Crippen LogP contribution in [0.4, 0.5) is 0 Å². The minimum atomic E-state index is 0.661. The van der Waals surface area contributed by atoms with Crippen LogP contribution in [-0.2, 0) is 0 Å². The van der Waals surface area contributed by atoms with Crippen LogP contribution in [0, 0.1) is 6.92 Å². The molecule has 0 N–H and O–H groups in total. The Hall–Kier alpha value is -2.19. The highest BCUT2D eigenvalue weighted by Crippen LogP contribution is 2.42. The first-order valence-electron chi connectivity index (χ1n) is 6.44. The zero-order valence-corrected chi connectivity index (χ0v) is 11.7. The number of fused-ring (bicyclic) bond motifs is 5. The third-order valence-electron chi connectivity index (χ3n) is 3.80. The van der Waals surface area contributed by atoms with Gasteiger partial charge in [0.15, 0.2) is 5.75 Å². The smallest absolute Gasteiger partial charge is 0.151 e. The number of para-hydroxylation sites is 3. The fourth-order valence-electron chi connectivity index (χ4n) is 2.94. The maximum atomic E-state index is 6.43. The summed E-state index contributed by atoms with van der Waals surface area (Å²) in [5, 5.41) is 1.87. The second-order valence-corrected chi connectivity index (χ2v) is 5.35. The van der Waals surface area contributed by atoms with E-state index in [2.05, 4.69) is 24.1 Å². The van der Waals surface area contributed by atoms with Gasteiger partial charge in [-0.05, 0) is 30.7 Å². The minimum absolute atomic E-state index is 0.661. The fourth-order valence-corrected chi connectivity index (χ4v) is 3.20. The Bertz CT molecular complexity index is 876. The molecule has 0 saturated heterocycles. The molecule has 1 aliphatic rings. The molecule has 0 radical (unpaired) electrons. The van der Waals surface area contributed by atoms with Gasteiger partial charge in [0.25, 0.3) is 0 Å². The minimum Gasteiger partial charge on any atom is -0.454 e. The normalized spacial score (nSPS) is 13.0. The van der Waals surface area contributed by atoms with Crippen LogP contribution < -0.4 is 4.74 Å². The van der Waals surface area contributed by atoms with Crippen LogP contribution >= 0.6 is 11.6 Å². The molecule has 1 aliphatic heterocycles. The van der Waals surface area contributed by atoms with Crippen molar-refractivity contribution in [1.82, 2.24) is 4.57 Å². The molecule has 0 saturated carbocycles. The zero-order chi connectivity index (χ0) is 13.9. The number of halogens is 1. The lowest BCUT2D eigenvalue weighted by Gasteiger charge is -2.23. The van der Waals surface area contributed by atoms with E-state index in [1.165, 1.54) is 0 Å². The highest BCUT2D eigenvalue weighted by Gasteiger charge is 2.26. The molecule has 0 aliphatic carbocycles. The van der Waals surface area contributed by atoms with Gasteiger partial charge in [-0.15, -0.1) is 0 Å². The summed E-state index contributed by atoms with van der Waals surface area (Å²) >= 11 is 6.43. The second-order valence-electron chi connectivity index (χ2n) is 4.94. The molecule has 2 heterocycles. The quantitative estimate of drug-likeness (QED) is 0.568. The Morgan fingerprint density at radius 1 is 1.10 bits per heavy atom. The second kappa shape index (κ2) is 3.90. The molecule has 4 rings (SSSR count). The number of ether oxygens (including phenoxy) is 1. The third-order valence-corrected chi connectivity index (χ3v) is 4.10. The zero-order valence-electron chi connectivity index (χ0n) is 11.0. The van der Waals surface area contributed by atoms with Gasteiger partial charge in [-0.2, -0.15) is 0 Å². The Morgan fingerprint density at radius 2 is 1.90 bits per heavy atom. The maximum Gasteiger partial charge on any atom is 0.151 e. The van der Waals surface area contributed by atoms with Crippen LogP contribution in [0.5, 0.6) is 5.75 Å². The van der Waals surface area contributed by atoms with Crippen molar-refractivity contribution < 1.29 is 4.74 Å². The molecule has 1 aromatic heterocycles. The van der Waals surface area contributed by atoms with E-state index in [1.807, 2.05) is 36.4 Å². The molecule has 0 bridgehead atoms. The number of aryl methyl sites for hydroxylation is 1. The van der Waals surface area contributed by atoms with E-state index in [4.69, 9.17) is 16.3 Å². The Labute approximate surface area is 121 Å². The summed E-state index contributed by atoms with van der Waals surface area (Å²) in [4.78, 5) is 0. The first-order chi connectivity index (χ1) is 9.68. The van der Waals surface area contributed by atoms with Gasteiger partial charge in [-0.1, -0.05) is 42.4 Å². The summed E-state index contributed by atoms with van der Waals surface area (Å²) in [5.74, 6) is 1.47. The fraction of sp³-hybridized carbons (Fsp3) is 0.0588. The van der Waals surface area contributed by atoms with Crippen molar-refractivity contribution in [2.24, 2.45) is 0 Å². The molecule has 20 heavy (non-hydrogen) atoms. The predicted octanol–water partition coefficient (Wildman–Crippen LogP) is 4.96. The summed E-state index contributed by atoms with van der Waals surface area (Å²) < 4.78 is 8.00. The van der Waals surface area contributed by atoms with E-state index in [0.717, 1.165) is 38.6 Å². The average molecular weight is 282 g/mol. The highest BCUT2D eigenvalue weighted by atomic mass is 35.5. The number of benzene rings is 2. The van der Waals surface area contributed by atoms with E-state index in [1.54, 1.807) is 0 Å². The molecule has 0 fully saturated rings. The van der Waals surface area contributed by atoms with E-state index in [0.29, 0.717) is 5.76 Å². The monoisotopic (exact) mass is 281 g/mol. The lowest BCUT2D eigenvalue weighted by atomic mass is 10.1. The van der Waals surface area contributed by atoms with Gasteiger partial charge in [0.05, 0.1) is 21.9 Å². The molecular formula is C17H12ClNO. The molecule has 0 atom stereocenters. The molecule has 0 spiro atoms. The SMILES string of the molecule is C=C1Oc2ccccc2-n2c1c(C)c1cccc(Cl)c12. The average Bonchev–Trinajstić information content (AvgIpc) is 2.75. The van der Waals surface area contributed by atoms with Crippen molar-refractivity contribution in [1.29, 1.82) is 0 Å². The Kier molecular flexibility index (Phi) is 2.27. The van der Waals surface area contributed by atoms with Gasteiger partial charge >= 0.3 is 0 Å². The van der Waals surface area contributed by atoms with Crippen molar-refractivity contribution in [2.45, 2.75) is 6.92 Å². The predicted molar refractivity (Wildman–Crippen MR) is 82.7 cm³/mol. The largest absolute Gasteiger partial charge is 0.454 e. The van der Waals surface area contributed by atoms with E-state index in [-0.39, 0.29) is 0 Å². The molecular weight excluding hydrogens is 270 g/mol. The molecule has 2 nitrogen and oxygen atoms in total. The maximum absolute atomic E-state index is 6.43. The van der Waals surface area contributed by atoms with Crippen molar-refractivity contribution >= 4 is 28.3 Å². The summed E-state index contributed by atoms with van der Waals surface area (Å²) in [6.45, 7) is 6.13. The topological polar surface area (TPSA) is 14.2 Å². The Balaban J connectivity index is 2.26. The van der Waals surface area contributed by atoms with Crippen molar-refractivity contribution in [3.8, 4) is 11.4 Å². The van der Waals surface area contributed by atoms with E-state index < -0.39 is 0 Å². The standard InChI is InChI=1S/C17H12ClNO/c1-10-12-6-5-7-13(18)17(12)19-14-8-3-4-9-15(14)20-11(2)16(10)19/h3-9H,2H2,1H3. The van der Waals surface area contributed by atoms with Gasteiger partial charge in [0, 0.05) is 5.39 Å². The summed E-state index contributed by atoms with van der Waals surface area (Å²) in [6.07, 6.45) is 0. The third kappa shape index (κ3) is 1.34. The first kappa shape index (κ1) is 11.6. The number of aromatic nitrogens is 1. The number of hydrogen-bond acceptors (Lipinski definition) is 1. The van der Waals surface area contributed by atoms with Crippen LogP contribution in [0.25, 0.3) is 22.3 Å². The summed E-state index contributed by atoms with van der Waals surface area (Å²) in [6, 6.07) is 13.9.